The van der Waals surface area contributed by atoms with E-state index in [4.69, 9.17) is 9.97 Å². The minimum absolute atomic E-state index is 0.104. The van der Waals surface area contributed by atoms with Crippen LogP contribution in [0.4, 0.5) is 4.39 Å². The van der Waals surface area contributed by atoms with Gasteiger partial charge in [-0.25, -0.2) is 4.39 Å². The van der Waals surface area contributed by atoms with Crippen molar-refractivity contribution in [2.45, 2.75) is 264 Å². The van der Waals surface area contributed by atoms with Crippen LogP contribution in [0.25, 0.3) is 65.3 Å². The van der Waals surface area contributed by atoms with Gasteiger partial charge in [0.05, 0.1) is 11.0 Å². The van der Waals surface area contributed by atoms with E-state index >= 15 is 0 Å². The van der Waals surface area contributed by atoms with E-state index in [-0.39, 0.29) is 43.7 Å². The Morgan fingerprint density at radius 3 is 0.979 bits per heavy atom. The normalized spacial score (nSPS) is 12.5. The van der Waals surface area contributed by atoms with Gasteiger partial charge in [-0.1, -0.05) is 300 Å². The molecular formula is C94H121FN2. The molecule has 0 aliphatic carbocycles. The quantitative estimate of drug-likeness (QED) is 0.176. The van der Waals surface area contributed by atoms with Gasteiger partial charge in [-0.05, 0) is 237 Å². The summed E-state index contributed by atoms with van der Waals surface area (Å²) in [6.45, 7) is 69.5. The third-order valence-electron chi connectivity index (χ3n) is 19.3. The summed E-state index contributed by atoms with van der Waals surface area (Å²) >= 11 is 0. The van der Waals surface area contributed by atoms with E-state index in [1.807, 2.05) is 51.1 Å². The number of rotatable bonds is 3. The number of fused-ring (bicyclic) bond motifs is 5. The van der Waals surface area contributed by atoms with Gasteiger partial charge in [-0.3, -0.25) is 9.97 Å². The zero-order valence-corrected chi connectivity index (χ0v) is 65.9. The van der Waals surface area contributed by atoms with Crippen molar-refractivity contribution in [2.75, 3.05) is 0 Å². The molecule has 0 radical (unpaired) electrons. The van der Waals surface area contributed by atoms with Crippen molar-refractivity contribution in [2.24, 2.45) is 0 Å². The van der Waals surface area contributed by atoms with Crippen molar-refractivity contribution in [3.05, 3.63) is 247 Å². The number of aromatic nitrogens is 2. The van der Waals surface area contributed by atoms with E-state index in [0.717, 1.165) is 27.7 Å². The third-order valence-corrected chi connectivity index (χ3v) is 19.3. The molecule has 0 saturated heterocycles. The average molecular weight is 1300 g/mol. The van der Waals surface area contributed by atoms with Crippen LogP contribution in [0.15, 0.2) is 158 Å². The first-order chi connectivity index (χ1) is 44.6. The Hall–Kier alpha value is -7.49. The van der Waals surface area contributed by atoms with Crippen LogP contribution in [0.3, 0.4) is 0 Å². The van der Waals surface area contributed by atoms with Gasteiger partial charge in [0.15, 0.2) is 0 Å². The van der Waals surface area contributed by atoms with Crippen LogP contribution >= 0.6 is 0 Å². The molecule has 9 aromatic carbocycles. The summed E-state index contributed by atoms with van der Waals surface area (Å²) in [7, 11) is 0. The smallest absolute Gasteiger partial charge is 0.127 e. The number of halogens is 1. The van der Waals surface area contributed by atoms with Crippen LogP contribution in [0.2, 0.25) is 0 Å². The Labute approximate surface area is 587 Å². The molecule has 0 aliphatic rings. The topological polar surface area (TPSA) is 25.8 Å². The Morgan fingerprint density at radius 1 is 0.289 bits per heavy atom. The fraction of sp³-hybridized carbons (Fsp3) is 0.426. The monoisotopic (exact) mass is 1300 g/mol. The van der Waals surface area contributed by atoms with Gasteiger partial charge in [0.25, 0.3) is 0 Å². The molecule has 2 aromatic heterocycles. The molecule has 2 heterocycles. The van der Waals surface area contributed by atoms with E-state index < -0.39 is 0 Å². The molecule has 3 heteroatoms. The van der Waals surface area contributed by atoms with E-state index in [1.54, 1.807) is 6.07 Å². The van der Waals surface area contributed by atoms with E-state index in [0.29, 0.717) is 11.8 Å². The molecule has 0 N–H and O–H groups in total. The number of hydrogen-bond acceptors (Lipinski definition) is 2. The van der Waals surface area contributed by atoms with Crippen LogP contribution in [-0.2, 0) is 37.9 Å². The first kappa shape index (κ1) is 76.9. The lowest BCUT2D eigenvalue weighted by molar-refractivity contribution is 0.524. The van der Waals surface area contributed by atoms with E-state index in [1.165, 1.54) is 121 Å². The number of hydrogen-bond donors (Lipinski definition) is 0. The maximum Gasteiger partial charge on any atom is 0.127 e. The molecule has 11 aromatic rings. The molecule has 514 valence electrons. The Morgan fingerprint density at radius 2 is 0.608 bits per heavy atom. The molecule has 0 atom stereocenters. The SMILES string of the molecule is CC(C)(C)c1cc2ccccc2cc1F.Cc1c(C(C)(C)C)cc(-c2c(C(C)C)cccc2C(C)C)c2ccccc12.Cc1cc2ccccc2cc1C(C)(C)C.Cc1ccc2c(C)c(C(C)(C)C)cc(C(C)(C)C)c2n1.Cc1ccc2c(C)c(C(C)(C)C)cc(C(C)(C)C)c2n1. The Bertz CT molecular complexity index is 4370. The summed E-state index contributed by atoms with van der Waals surface area (Å²) < 4.78 is 13.8. The summed E-state index contributed by atoms with van der Waals surface area (Å²) in [4.78, 5) is 9.65. The molecule has 0 unspecified atom stereocenters. The predicted molar refractivity (Wildman–Crippen MR) is 428 cm³/mol. The molecule has 0 saturated carbocycles. The van der Waals surface area contributed by atoms with Crippen LogP contribution in [0.1, 0.15) is 269 Å². The second kappa shape index (κ2) is 29.1. The second-order valence-electron chi connectivity index (χ2n) is 35.6. The largest absolute Gasteiger partial charge is 0.253 e. The number of pyridine rings is 2. The summed E-state index contributed by atoms with van der Waals surface area (Å²) in [5.41, 5.74) is 25.8. The van der Waals surface area contributed by atoms with Gasteiger partial charge in [0.2, 0.25) is 0 Å². The maximum atomic E-state index is 13.8. The van der Waals surface area contributed by atoms with Crippen LogP contribution in [-0.4, -0.2) is 9.97 Å². The average Bonchev–Trinajstić information content (AvgIpc) is 0.762. The molecule has 97 heavy (non-hydrogen) atoms. The predicted octanol–water partition coefficient (Wildman–Crippen LogP) is 28.0. The maximum absolute atomic E-state index is 13.8. The van der Waals surface area contributed by atoms with Gasteiger partial charge in [0.1, 0.15) is 5.82 Å². The van der Waals surface area contributed by atoms with Crippen LogP contribution in [0.5, 0.6) is 0 Å². The van der Waals surface area contributed by atoms with Crippen molar-refractivity contribution in [1.82, 2.24) is 9.97 Å². The minimum atomic E-state index is -0.145. The van der Waals surface area contributed by atoms with Crippen molar-refractivity contribution in [3.8, 4) is 11.1 Å². The van der Waals surface area contributed by atoms with Crippen molar-refractivity contribution in [3.63, 3.8) is 0 Å². The van der Waals surface area contributed by atoms with Crippen LogP contribution < -0.4 is 0 Å². The van der Waals surface area contributed by atoms with Crippen LogP contribution in [0, 0.1) is 47.4 Å². The zero-order chi connectivity index (χ0) is 72.6. The molecule has 11 rings (SSSR count). The summed E-state index contributed by atoms with van der Waals surface area (Å²) in [6.07, 6.45) is 0. The standard InChI is InChI=1S/C27H34.2C19H27N.C15H18.C14H15F/c1-17(2)20-14-11-15-21(18(3)4)26(20)24-16-25(27(6,7)8)19(5)22-12-9-10-13-23(22)24;2*1-12-9-10-14-13(2)15(18(3,4)5)11-16(17(14)20-12)19(6,7)8;1-11-9-12-7-5-6-8-13(12)10-14(11)15(2,3)4;1-14(2,3)12-8-10-6-4-5-7-11(10)9-13(12)15/h9-18H,1-8H3;2*9-11H,1-8H3;5-10H,1-4H3;4-9H,1-3H3. The lowest BCUT2D eigenvalue weighted by Gasteiger charge is -2.28. The Kier molecular flexibility index (Phi) is 23.1. The molecule has 2 nitrogen and oxygen atoms in total. The van der Waals surface area contributed by atoms with Gasteiger partial charge in [0, 0.05) is 22.2 Å². The highest BCUT2D eigenvalue weighted by Gasteiger charge is 2.29. The summed E-state index contributed by atoms with van der Waals surface area (Å²) in [5.74, 6) is 0.884. The second-order valence-corrected chi connectivity index (χ2v) is 35.6. The lowest BCUT2D eigenvalue weighted by atomic mass is 9.77. The van der Waals surface area contributed by atoms with Gasteiger partial charge >= 0.3 is 0 Å². The van der Waals surface area contributed by atoms with E-state index in [9.17, 15) is 4.39 Å². The summed E-state index contributed by atoms with van der Waals surface area (Å²) in [6, 6.07) is 56.3. The van der Waals surface area contributed by atoms with E-state index in [2.05, 4.69) is 315 Å². The van der Waals surface area contributed by atoms with Gasteiger partial charge in [-0.2, -0.15) is 0 Å². The fourth-order valence-corrected chi connectivity index (χ4v) is 14.1. The molecule has 0 fully saturated rings. The van der Waals surface area contributed by atoms with Crippen molar-refractivity contribution >= 4 is 54.1 Å². The number of benzene rings is 9. The first-order valence-electron chi connectivity index (χ1n) is 35.8. The van der Waals surface area contributed by atoms with Gasteiger partial charge < -0.3 is 0 Å². The van der Waals surface area contributed by atoms with Gasteiger partial charge in [-0.15, -0.1) is 0 Å². The number of nitrogens with zero attached hydrogens (tertiary/aromatic N) is 2. The zero-order valence-electron chi connectivity index (χ0n) is 65.9. The summed E-state index contributed by atoms with van der Waals surface area (Å²) in [5, 5.41) is 10.1. The molecule has 0 spiro atoms. The third kappa shape index (κ3) is 18.1. The molecular weight excluding hydrogens is 1180 g/mol. The van der Waals surface area contributed by atoms with Crippen molar-refractivity contribution in [1.29, 1.82) is 0 Å². The molecule has 0 aliphatic heterocycles. The first-order valence-corrected chi connectivity index (χ1v) is 35.8. The van der Waals surface area contributed by atoms with Crippen molar-refractivity contribution < 1.29 is 4.39 Å². The highest BCUT2D eigenvalue weighted by molar-refractivity contribution is 6.01. The number of aryl methyl sites for hydroxylation is 6. The highest BCUT2D eigenvalue weighted by Crippen LogP contribution is 2.45. The lowest BCUT2D eigenvalue weighted by Crippen LogP contribution is -2.19. The fourth-order valence-electron chi connectivity index (χ4n) is 14.1. The molecule has 0 amide bonds. The highest BCUT2D eigenvalue weighted by atomic mass is 19.1. The minimum Gasteiger partial charge on any atom is -0.253 e. The molecule has 0 bridgehead atoms. The Balaban J connectivity index is 0.000000174.